The average molecular weight is 563 g/mol. The Labute approximate surface area is 240 Å². The molecule has 0 bridgehead atoms. The molecule has 0 saturated heterocycles. The van der Waals surface area contributed by atoms with Gasteiger partial charge in [0.15, 0.2) is 28.8 Å². The van der Waals surface area contributed by atoms with Crippen molar-refractivity contribution in [1.29, 1.82) is 0 Å². The summed E-state index contributed by atoms with van der Waals surface area (Å²) in [5.74, 6) is 3.52. The van der Waals surface area contributed by atoms with Gasteiger partial charge in [0, 0.05) is 52.3 Å². The highest BCUT2D eigenvalue weighted by Crippen LogP contribution is 2.32. The van der Waals surface area contributed by atoms with E-state index in [1.165, 1.54) is 0 Å². The Kier molecular flexibility index (Phi) is 17.7. The third-order valence-corrected chi connectivity index (χ3v) is 5.85. The number of carbonyl (C=O) groups is 1. The van der Waals surface area contributed by atoms with Crippen LogP contribution >= 0.6 is 0 Å². The van der Waals surface area contributed by atoms with Crippen molar-refractivity contribution < 1.29 is 38.3 Å². The van der Waals surface area contributed by atoms with Crippen molar-refractivity contribution in [1.82, 2.24) is 0 Å². The van der Waals surface area contributed by atoms with Gasteiger partial charge < -0.3 is 33.5 Å². The van der Waals surface area contributed by atoms with E-state index < -0.39 is 6.10 Å². The van der Waals surface area contributed by atoms with Gasteiger partial charge in [0.2, 0.25) is 0 Å². The lowest BCUT2D eigenvalue weighted by Crippen LogP contribution is -2.06. The Balaban J connectivity index is 0.000000400. The van der Waals surface area contributed by atoms with E-state index >= 15 is 0 Å². The smallest absolute Gasteiger partial charge is 0.163 e. The lowest BCUT2D eigenvalue weighted by Gasteiger charge is -2.16. The summed E-state index contributed by atoms with van der Waals surface area (Å²) < 4.78 is 31.9. The maximum atomic E-state index is 12.1. The highest BCUT2D eigenvalue weighted by atomic mass is 16.5. The standard InChI is InChI=1S/C16H26O4.C16H24O4/c2*1-12(2)10-14(17)13-6-7-15(19-4)16(11-13)20-9-5-8-18-3/h6-7,11-12,14,17H,5,8-10H2,1-4H3;6-7,11-12H,5,8-10H2,1-4H3. The molecule has 226 valence electrons. The number of ether oxygens (including phenoxy) is 6. The first-order valence-corrected chi connectivity index (χ1v) is 14.0. The fourth-order valence-electron chi connectivity index (χ4n) is 3.82. The van der Waals surface area contributed by atoms with Crippen LogP contribution in [0.2, 0.25) is 0 Å². The molecule has 0 spiro atoms. The summed E-state index contributed by atoms with van der Waals surface area (Å²) >= 11 is 0. The number of hydrogen-bond acceptors (Lipinski definition) is 8. The number of aliphatic hydroxyl groups excluding tert-OH is 1. The first-order valence-electron chi connectivity index (χ1n) is 14.0. The number of rotatable bonds is 18. The molecule has 8 heteroatoms. The summed E-state index contributed by atoms with van der Waals surface area (Å²) in [4.78, 5) is 12.1. The zero-order chi connectivity index (χ0) is 29.9. The quantitative estimate of drug-likeness (QED) is 0.162. The summed E-state index contributed by atoms with van der Waals surface area (Å²) in [6.07, 6.45) is 2.41. The number of methoxy groups -OCH3 is 4. The molecule has 0 fully saturated rings. The number of ketones is 1. The summed E-state index contributed by atoms with van der Waals surface area (Å²) in [6.45, 7) is 10.7. The van der Waals surface area contributed by atoms with Gasteiger partial charge in [0.25, 0.3) is 0 Å². The van der Waals surface area contributed by atoms with E-state index in [-0.39, 0.29) is 5.78 Å². The van der Waals surface area contributed by atoms with E-state index in [1.807, 2.05) is 32.0 Å². The first kappa shape index (κ1) is 35.2. The van der Waals surface area contributed by atoms with Crippen LogP contribution in [0, 0.1) is 11.8 Å². The van der Waals surface area contributed by atoms with Crippen molar-refractivity contribution in [2.45, 2.75) is 59.5 Å². The number of aliphatic hydroxyl groups is 1. The molecule has 2 aromatic rings. The molecular formula is C32H50O8. The number of hydrogen-bond donors (Lipinski definition) is 1. The Bertz CT molecular complexity index is 973. The Hall–Kier alpha value is -2.81. The van der Waals surface area contributed by atoms with Crippen LogP contribution in [-0.4, -0.2) is 65.8 Å². The van der Waals surface area contributed by atoms with Crippen LogP contribution in [0.3, 0.4) is 0 Å². The minimum absolute atomic E-state index is 0.129. The predicted molar refractivity (Wildman–Crippen MR) is 158 cm³/mol. The fourth-order valence-corrected chi connectivity index (χ4v) is 3.82. The third kappa shape index (κ3) is 13.5. The Morgan fingerprint density at radius 2 is 1.23 bits per heavy atom. The number of benzene rings is 2. The highest BCUT2D eigenvalue weighted by molar-refractivity contribution is 5.96. The molecule has 0 heterocycles. The van der Waals surface area contributed by atoms with Crippen LogP contribution in [0.15, 0.2) is 36.4 Å². The molecule has 0 aliphatic rings. The second-order valence-corrected chi connectivity index (χ2v) is 10.3. The predicted octanol–water partition coefficient (Wildman–Crippen LogP) is 6.53. The van der Waals surface area contributed by atoms with E-state index in [0.29, 0.717) is 73.2 Å². The summed E-state index contributed by atoms with van der Waals surface area (Å²) in [5, 5.41) is 10.2. The molecule has 40 heavy (non-hydrogen) atoms. The van der Waals surface area contributed by atoms with Crippen molar-refractivity contribution in [3.05, 3.63) is 47.5 Å². The first-order chi connectivity index (χ1) is 19.2. The van der Waals surface area contributed by atoms with Crippen molar-refractivity contribution in [2.75, 3.05) is 54.9 Å². The molecular weight excluding hydrogens is 512 g/mol. The monoisotopic (exact) mass is 562 g/mol. The molecule has 0 aromatic heterocycles. The molecule has 0 aliphatic carbocycles. The van der Waals surface area contributed by atoms with E-state index in [1.54, 1.807) is 46.6 Å². The SMILES string of the molecule is COCCCOc1cc(C(=O)CC(C)C)ccc1OC.COCCCOc1cc(C(O)CC(C)C)ccc1OC. The topological polar surface area (TPSA) is 92.7 Å². The van der Waals surface area contributed by atoms with Crippen molar-refractivity contribution in [2.24, 2.45) is 11.8 Å². The molecule has 1 N–H and O–H groups in total. The third-order valence-electron chi connectivity index (χ3n) is 5.85. The van der Waals surface area contributed by atoms with Gasteiger partial charge in [0.1, 0.15) is 0 Å². The molecule has 1 unspecified atom stereocenters. The van der Waals surface area contributed by atoms with Crippen LogP contribution in [0.4, 0.5) is 0 Å². The largest absolute Gasteiger partial charge is 0.493 e. The minimum Gasteiger partial charge on any atom is -0.493 e. The molecule has 0 saturated carbocycles. The normalized spacial score (nSPS) is 11.6. The second-order valence-electron chi connectivity index (χ2n) is 10.3. The zero-order valence-corrected chi connectivity index (χ0v) is 25.7. The molecule has 0 aliphatic heterocycles. The molecule has 0 amide bonds. The average Bonchev–Trinajstić information content (AvgIpc) is 2.92. The molecule has 2 rings (SSSR count). The number of carbonyl (C=O) groups excluding carboxylic acids is 1. The maximum absolute atomic E-state index is 12.1. The zero-order valence-electron chi connectivity index (χ0n) is 25.7. The van der Waals surface area contributed by atoms with Crippen LogP contribution in [-0.2, 0) is 9.47 Å². The molecule has 1 atom stereocenters. The maximum Gasteiger partial charge on any atom is 0.163 e. The van der Waals surface area contributed by atoms with Gasteiger partial charge in [-0.15, -0.1) is 0 Å². The Morgan fingerprint density at radius 1 is 0.700 bits per heavy atom. The van der Waals surface area contributed by atoms with E-state index in [0.717, 1.165) is 24.8 Å². The van der Waals surface area contributed by atoms with Crippen LogP contribution < -0.4 is 18.9 Å². The Morgan fingerprint density at radius 3 is 1.70 bits per heavy atom. The van der Waals surface area contributed by atoms with Gasteiger partial charge in [-0.05, 0) is 54.2 Å². The van der Waals surface area contributed by atoms with Gasteiger partial charge in [-0.1, -0.05) is 33.8 Å². The second kappa shape index (κ2) is 20.1. The van der Waals surface area contributed by atoms with Crippen LogP contribution in [0.1, 0.15) is 75.4 Å². The van der Waals surface area contributed by atoms with Gasteiger partial charge >= 0.3 is 0 Å². The van der Waals surface area contributed by atoms with E-state index in [2.05, 4.69) is 13.8 Å². The molecule has 2 aromatic carbocycles. The van der Waals surface area contributed by atoms with Crippen LogP contribution in [0.5, 0.6) is 23.0 Å². The van der Waals surface area contributed by atoms with Crippen LogP contribution in [0.25, 0.3) is 0 Å². The van der Waals surface area contributed by atoms with Gasteiger partial charge in [-0.2, -0.15) is 0 Å². The van der Waals surface area contributed by atoms with Gasteiger partial charge in [-0.3, -0.25) is 4.79 Å². The fraction of sp³-hybridized carbons (Fsp3) is 0.594. The summed E-state index contributed by atoms with van der Waals surface area (Å²) in [7, 11) is 6.53. The minimum atomic E-state index is -0.470. The van der Waals surface area contributed by atoms with E-state index in [4.69, 9.17) is 28.4 Å². The number of Topliss-reactive ketones (excluding diaryl/α,β-unsaturated/α-hetero) is 1. The van der Waals surface area contributed by atoms with E-state index in [9.17, 15) is 9.90 Å². The molecule has 0 radical (unpaired) electrons. The van der Waals surface area contributed by atoms with Crippen molar-refractivity contribution in [3.63, 3.8) is 0 Å². The molecule has 8 nitrogen and oxygen atoms in total. The lowest BCUT2D eigenvalue weighted by atomic mass is 9.99. The van der Waals surface area contributed by atoms with Gasteiger partial charge in [0.05, 0.1) is 33.5 Å². The van der Waals surface area contributed by atoms with Gasteiger partial charge in [-0.25, -0.2) is 0 Å². The summed E-state index contributed by atoms with van der Waals surface area (Å²) in [6, 6.07) is 10.9. The van der Waals surface area contributed by atoms with Crippen molar-refractivity contribution in [3.8, 4) is 23.0 Å². The highest BCUT2D eigenvalue weighted by Gasteiger charge is 2.14. The summed E-state index contributed by atoms with van der Waals surface area (Å²) in [5.41, 5.74) is 1.53. The lowest BCUT2D eigenvalue weighted by molar-refractivity contribution is 0.0967. The van der Waals surface area contributed by atoms with Crippen molar-refractivity contribution >= 4 is 5.78 Å².